The van der Waals surface area contributed by atoms with E-state index in [9.17, 15) is 9.90 Å². The molecule has 1 heterocycles. The van der Waals surface area contributed by atoms with Gasteiger partial charge < -0.3 is 15.2 Å². The van der Waals surface area contributed by atoms with Crippen molar-refractivity contribution < 1.29 is 14.6 Å². The topological polar surface area (TPSA) is 82.3 Å². The Bertz CT molecular complexity index is 839. The number of ether oxygens (including phenoxy) is 1. The number of aromatic hydroxyl groups is 1. The lowest BCUT2D eigenvalue weighted by Crippen LogP contribution is -2.50. The van der Waals surface area contributed by atoms with Gasteiger partial charge in [0, 0.05) is 17.2 Å². The van der Waals surface area contributed by atoms with E-state index in [2.05, 4.69) is 5.32 Å². The summed E-state index contributed by atoms with van der Waals surface area (Å²) in [4.78, 5) is 12.7. The van der Waals surface area contributed by atoms with Gasteiger partial charge in [-0.15, -0.1) is 0 Å². The number of amides is 1. The number of hydrogen-bond donors (Lipinski definition) is 2. The number of hydrogen-bond acceptors (Lipinski definition) is 4. The van der Waals surface area contributed by atoms with E-state index in [1.165, 1.54) is 18.2 Å². The number of halogens is 1. The number of nitrogens with one attached hydrogen (secondary N) is 1. The molecule has 0 saturated carbocycles. The zero-order chi connectivity index (χ0) is 17.9. The number of nitrogens with zero attached hydrogens (tertiary/aromatic N) is 1. The fourth-order valence-corrected chi connectivity index (χ4v) is 3.26. The Hall–Kier alpha value is -2.55. The second-order valence-electron chi connectivity index (χ2n) is 6.22. The summed E-state index contributed by atoms with van der Waals surface area (Å²) < 4.78 is 5.52. The SMILES string of the molecule is N#Cc1cc(O)cc(C(=O)NC2(Cc3cccc(Cl)c3)CCOC2)c1. The maximum Gasteiger partial charge on any atom is 0.251 e. The van der Waals surface area contributed by atoms with Crippen molar-refractivity contribution in [3.8, 4) is 11.8 Å². The Morgan fingerprint density at radius 1 is 1.36 bits per heavy atom. The first-order valence-electron chi connectivity index (χ1n) is 7.89. The molecule has 2 aromatic carbocycles. The monoisotopic (exact) mass is 356 g/mol. The third kappa shape index (κ3) is 4.11. The van der Waals surface area contributed by atoms with Crippen LogP contribution in [0.1, 0.15) is 27.9 Å². The lowest BCUT2D eigenvalue weighted by Gasteiger charge is -2.29. The van der Waals surface area contributed by atoms with Crippen molar-refractivity contribution >= 4 is 17.5 Å². The molecule has 2 N–H and O–H groups in total. The van der Waals surface area contributed by atoms with Crippen molar-refractivity contribution in [2.75, 3.05) is 13.2 Å². The average Bonchev–Trinajstić information content (AvgIpc) is 3.02. The smallest absolute Gasteiger partial charge is 0.251 e. The summed E-state index contributed by atoms with van der Waals surface area (Å²) >= 11 is 6.05. The van der Waals surface area contributed by atoms with Crippen LogP contribution in [-0.4, -0.2) is 29.8 Å². The molecule has 0 radical (unpaired) electrons. The Morgan fingerprint density at radius 3 is 2.88 bits per heavy atom. The lowest BCUT2D eigenvalue weighted by atomic mass is 9.89. The Balaban J connectivity index is 1.83. The second kappa shape index (κ2) is 7.14. The molecule has 0 bridgehead atoms. The fourth-order valence-electron chi connectivity index (χ4n) is 3.05. The molecule has 1 aliphatic heterocycles. The minimum atomic E-state index is -0.542. The van der Waals surface area contributed by atoms with Crippen molar-refractivity contribution in [1.82, 2.24) is 5.32 Å². The molecule has 1 saturated heterocycles. The van der Waals surface area contributed by atoms with Crippen molar-refractivity contribution in [3.05, 3.63) is 64.2 Å². The summed E-state index contributed by atoms with van der Waals surface area (Å²) in [6, 6.07) is 13.6. The molecule has 3 rings (SSSR count). The summed E-state index contributed by atoms with van der Waals surface area (Å²) in [5, 5.41) is 22.4. The van der Waals surface area contributed by atoms with Gasteiger partial charge in [-0.05, 0) is 48.7 Å². The highest BCUT2D eigenvalue weighted by Crippen LogP contribution is 2.26. The first-order valence-corrected chi connectivity index (χ1v) is 8.26. The minimum absolute atomic E-state index is 0.115. The zero-order valence-corrected chi connectivity index (χ0v) is 14.2. The lowest BCUT2D eigenvalue weighted by molar-refractivity contribution is 0.0877. The highest BCUT2D eigenvalue weighted by Gasteiger charge is 2.37. The minimum Gasteiger partial charge on any atom is -0.508 e. The van der Waals surface area contributed by atoms with Crippen molar-refractivity contribution in [3.63, 3.8) is 0 Å². The molecule has 1 atom stereocenters. The molecule has 1 unspecified atom stereocenters. The highest BCUT2D eigenvalue weighted by molar-refractivity contribution is 6.30. The van der Waals surface area contributed by atoms with Crippen LogP contribution in [0.2, 0.25) is 5.02 Å². The van der Waals surface area contributed by atoms with E-state index >= 15 is 0 Å². The van der Waals surface area contributed by atoms with E-state index in [4.69, 9.17) is 21.6 Å². The number of phenols is 1. The van der Waals surface area contributed by atoms with E-state index in [0.29, 0.717) is 31.1 Å². The molecule has 6 heteroatoms. The molecule has 1 fully saturated rings. The van der Waals surface area contributed by atoms with Gasteiger partial charge in [0.15, 0.2) is 0 Å². The number of rotatable bonds is 4. The molecule has 1 aliphatic rings. The maximum absolute atomic E-state index is 12.7. The first-order chi connectivity index (χ1) is 12.0. The van der Waals surface area contributed by atoms with E-state index in [1.807, 2.05) is 24.3 Å². The molecule has 1 amide bonds. The fraction of sp³-hybridized carbons (Fsp3) is 0.263. The molecule has 0 spiro atoms. The van der Waals surface area contributed by atoms with Crippen molar-refractivity contribution in [2.24, 2.45) is 0 Å². The predicted molar refractivity (Wildman–Crippen MR) is 93.6 cm³/mol. The van der Waals surface area contributed by atoms with Crippen LogP contribution in [0, 0.1) is 11.3 Å². The summed E-state index contributed by atoms with van der Waals surface area (Å²) in [5.74, 6) is -0.462. The van der Waals surface area contributed by atoms with Gasteiger partial charge in [-0.2, -0.15) is 5.26 Å². The number of carbonyl (C=O) groups is 1. The number of benzene rings is 2. The molecule has 0 aliphatic carbocycles. The van der Waals surface area contributed by atoms with Crippen LogP contribution < -0.4 is 5.32 Å². The van der Waals surface area contributed by atoms with E-state index in [0.717, 1.165) is 5.56 Å². The van der Waals surface area contributed by atoms with Gasteiger partial charge in [0.2, 0.25) is 0 Å². The molecular formula is C19H17ClN2O3. The number of carbonyl (C=O) groups excluding carboxylic acids is 1. The summed E-state index contributed by atoms with van der Waals surface area (Å²) in [5.41, 5.74) is 0.942. The average molecular weight is 357 g/mol. The van der Waals surface area contributed by atoms with Crippen LogP contribution in [0.25, 0.3) is 0 Å². The third-order valence-electron chi connectivity index (χ3n) is 4.22. The Kier molecular flexibility index (Phi) is 4.93. The van der Waals surface area contributed by atoms with Gasteiger partial charge in [-0.25, -0.2) is 0 Å². The van der Waals surface area contributed by atoms with E-state index in [1.54, 1.807) is 6.07 Å². The summed E-state index contributed by atoms with van der Waals surface area (Å²) in [6.07, 6.45) is 1.26. The van der Waals surface area contributed by atoms with Crippen LogP contribution in [0.15, 0.2) is 42.5 Å². The quantitative estimate of drug-likeness (QED) is 0.882. The molecular weight excluding hydrogens is 340 g/mol. The van der Waals surface area contributed by atoms with Crippen molar-refractivity contribution in [1.29, 1.82) is 5.26 Å². The van der Waals surface area contributed by atoms with Gasteiger partial charge in [-0.3, -0.25) is 4.79 Å². The van der Waals surface area contributed by atoms with Crippen LogP contribution in [-0.2, 0) is 11.2 Å². The first kappa shape index (κ1) is 17.3. The van der Waals surface area contributed by atoms with E-state index < -0.39 is 5.54 Å². The molecule has 0 aromatic heterocycles. The van der Waals surface area contributed by atoms with Gasteiger partial charge >= 0.3 is 0 Å². The molecule has 5 nitrogen and oxygen atoms in total. The third-order valence-corrected chi connectivity index (χ3v) is 4.46. The molecule has 25 heavy (non-hydrogen) atoms. The van der Waals surface area contributed by atoms with Gasteiger partial charge in [0.05, 0.1) is 23.8 Å². The Morgan fingerprint density at radius 2 is 2.20 bits per heavy atom. The highest BCUT2D eigenvalue weighted by atomic mass is 35.5. The normalized spacial score (nSPS) is 19.4. The Labute approximate surface area is 150 Å². The standard InChI is InChI=1S/C19H17ClN2O3/c20-16-3-1-2-13(7-16)10-19(4-5-25-12-19)22-18(24)15-6-14(11-21)8-17(23)9-15/h1-3,6-9,23H,4-5,10,12H2,(H,22,24). The maximum atomic E-state index is 12.7. The molecule has 2 aromatic rings. The van der Waals surface area contributed by atoms with Crippen LogP contribution >= 0.6 is 11.6 Å². The van der Waals surface area contributed by atoms with Crippen LogP contribution in [0.5, 0.6) is 5.75 Å². The van der Waals surface area contributed by atoms with E-state index in [-0.39, 0.29) is 22.8 Å². The summed E-state index contributed by atoms with van der Waals surface area (Å²) in [6.45, 7) is 0.958. The van der Waals surface area contributed by atoms with Gasteiger partial charge in [-0.1, -0.05) is 23.7 Å². The number of phenolic OH excluding ortho intramolecular Hbond substituents is 1. The largest absolute Gasteiger partial charge is 0.508 e. The van der Waals surface area contributed by atoms with Crippen LogP contribution in [0.4, 0.5) is 0 Å². The number of nitriles is 1. The van der Waals surface area contributed by atoms with Crippen LogP contribution in [0.3, 0.4) is 0 Å². The summed E-state index contributed by atoms with van der Waals surface area (Å²) in [7, 11) is 0. The predicted octanol–water partition coefficient (Wildman–Crippen LogP) is 3.05. The van der Waals surface area contributed by atoms with Gasteiger partial charge in [0.25, 0.3) is 5.91 Å². The molecule has 128 valence electrons. The second-order valence-corrected chi connectivity index (χ2v) is 6.66. The van der Waals surface area contributed by atoms with Gasteiger partial charge in [0.1, 0.15) is 5.75 Å². The van der Waals surface area contributed by atoms with Crippen molar-refractivity contribution in [2.45, 2.75) is 18.4 Å². The zero-order valence-electron chi connectivity index (χ0n) is 13.5.